The van der Waals surface area contributed by atoms with Gasteiger partial charge in [0.05, 0.1) is 24.5 Å². The smallest absolute Gasteiger partial charge is 0.310 e. The second-order valence-electron chi connectivity index (χ2n) is 7.93. The van der Waals surface area contributed by atoms with Gasteiger partial charge in [-0.2, -0.15) is 4.72 Å². The van der Waals surface area contributed by atoms with Crippen molar-refractivity contribution in [1.82, 2.24) is 4.72 Å². The highest BCUT2D eigenvalue weighted by molar-refractivity contribution is 7.89. The Labute approximate surface area is 210 Å². The van der Waals surface area contributed by atoms with E-state index in [0.29, 0.717) is 30.3 Å². The number of benzene rings is 2. The summed E-state index contributed by atoms with van der Waals surface area (Å²) in [6.07, 6.45) is 2.14. The molecule has 1 fully saturated rings. The molecule has 2 aromatic carbocycles. The van der Waals surface area contributed by atoms with Gasteiger partial charge in [-0.25, -0.2) is 8.42 Å². The SMILES string of the molecule is CCOC(=O)Cc1ccc(NC(=O)C(COC2CCCCO2)NS(=O)(=O)c2ccc(Cl)cc2)cc1. The van der Waals surface area contributed by atoms with Crippen LogP contribution in [0.5, 0.6) is 0 Å². The normalized spacial score (nSPS) is 16.9. The summed E-state index contributed by atoms with van der Waals surface area (Å²) in [7, 11) is -4.03. The molecule has 2 unspecified atom stereocenters. The van der Waals surface area contributed by atoms with Crippen LogP contribution in [0.4, 0.5) is 5.69 Å². The predicted molar refractivity (Wildman–Crippen MR) is 131 cm³/mol. The predicted octanol–water partition coefficient (Wildman–Crippen LogP) is 3.27. The first-order valence-corrected chi connectivity index (χ1v) is 13.2. The third kappa shape index (κ3) is 8.59. The molecule has 0 bridgehead atoms. The highest BCUT2D eigenvalue weighted by Crippen LogP contribution is 2.17. The third-order valence-electron chi connectivity index (χ3n) is 5.20. The Morgan fingerprint density at radius 1 is 1.11 bits per heavy atom. The van der Waals surface area contributed by atoms with Crippen LogP contribution < -0.4 is 10.0 Å². The number of esters is 1. The Balaban J connectivity index is 1.70. The molecule has 1 aliphatic rings. The van der Waals surface area contributed by atoms with Crippen LogP contribution in [0, 0.1) is 0 Å². The Morgan fingerprint density at radius 3 is 2.46 bits per heavy atom. The van der Waals surface area contributed by atoms with Gasteiger partial charge < -0.3 is 19.5 Å². The quantitative estimate of drug-likeness (QED) is 0.433. The molecule has 190 valence electrons. The van der Waals surface area contributed by atoms with Gasteiger partial charge in [-0.3, -0.25) is 9.59 Å². The zero-order chi connectivity index (χ0) is 25.3. The number of anilines is 1. The first kappa shape index (κ1) is 27.1. The lowest BCUT2D eigenvalue weighted by Gasteiger charge is -2.25. The number of hydrogen-bond donors (Lipinski definition) is 2. The van der Waals surface area contributed by atoms with Gasteiger partial charge in [-0.1, -0.05) is 23.7 Å². The summed E-state index contributed by atoms with van der Waals surface area (Å²) < 4.78 is 44.4. The fourth-order valence-corrected chi connectivity index (χ4v) is 4.70. The highest BCUT2D eigenvalue weighted by Gasteiger charge is 2.28. The van der Waals surface area contributed by atoms with Gasteiger partial charge in [0.25, 0.3) is 0 Å². The van der Waals surface area contributed by atoms with Gasteiger partial charge in [0, 0.05) is 17.3 Å². The fraction of sp³-hybridized carbons (Fsp3) is 0.417. The maximum atomic E-state index is 13.0. The number of rotatable bonds is 11. The van der Waals surface area contributed by atoms with Crippen molar-refractivity contribution in [3.63, 3.8) is 0 Å². The van der Waals surface area contributed by atoms with E-state index >= 15 is 0 Å². The van der Waals surface area contributed by atoms with E-state index in [4.69, 9.17) is 25.8 Å². The molecule has 9 nitrogen and oxygen atoms in total. The topological polar surface area (TPSA) is 120 Å². The van der Waals surface area contributed by atoms with Crippen LogP contribution >= 0.6 is 11.6 Å². The van der Waals surface area contributed by atoms with Crippen LogP contribution in [-0.4, -0.2) is 52.4 Å². The molecule has 0 saturated carbocycles. The van der Waals surface area contributed by atoms with Crippen molar-refractivity contribution >= 4 is 39.2 Å². The largest absolute Gasteiger partial charge is 0.466 e. The van der Waals surface area contributed by atoms with Crippen molar-refractivity contribution in [1.29, 1.82) is 0 Å². The number of hydrogen-bond acceptors (Lipinski definition) is 7. The van der Waals surface area contributed by atoms with Crippen LogP contribution in [0.25, 0.3) is 0 Å². The molecule has 1 amide bonds. The molecule has 0 aliphatic carbocycles. The molecule has 35 heavy (non-hydrogen) atoms. The Bertz CT molecular complexity index is 1090. The van der Waals surface area contributed by atoms with E-state index in [1.807, 2.05) is 0 Å². The third-order valence-corrected chi connectivity index (χ3v) is 6.94. The molecule has 1 aliphatic heterocycles. The molecular weight excluding hydrogens is 496 g/mol. The van der Waals surface area contributed by atoms with Crippen LogP contribution in [0.3, 0.4) is 0 Å². The van der Waals surface area contributed by atoms with Crippen LogP contribution in [-0.2, 0) is 40.2 Å². The maximum absolute atomic E-state index is 13.0. The average Bonchev–Trinajstić information content (AvgIpc) is 2.84. The molecule has 1 saturated heterocycles. The minimum Gasteiger partial charge on any atom is -0.466 e. The maximum Gasteiger partial charge on any atom is 0.310 e. The van der Waals surface area contributed by atoms with E-state index in [9.17, 15) is 18.0 Å². The zero-order valence-electron chi connectivity index (χ0n) is 19.4. The summed E-state index contributed by atoms with van der Waals surface area (Å²) >= 11 is 5.86. The molecule has 0 spiro atoms. The van der Waals surface area contributed by atoms with E-state index in [0.717, 1.165) is 18.4 Å². The van der Waals surface area contributed by atoms with E-state index < -0.39 is 28.3 Å². The summed E-state index contributed by atoms with van der Waals surface area (Å²) in [6, 6.07) is 11.0. The lowest BCUT2D eigenvalue weighted by molar-refractivity contribution is -0.166. The lowest BCUT2D eigenvalue weighted by Crippen LogP contribution is -2.47. The van der Waals surface area contributed by atoms with Crippen LogP contribution in [0.15, 0.2) is 53.4 Å². The van der Waals surface area contributed by atoms with Crippen LogP contribution in [0.1, 0.15) is 31.7 Å². The fourth-order valence-electron chi connectivity index (χ4n) is 3.39. The highest BCUT2D eigenvalue weighted by atomic mass is 35.5. The summed E-state index contributed by atoms with van der Waals surface area (Å²) in [4.78, 5) is 24.7. The molecule has 11 heteroatoms. The van der Waals surface area contributed by atoms with Crippen molar-refractivity contribution in [2.24, 2.45) is 0 Å². The van der Waals surface area contributed by atoms with Crippen molar-refractivity contribution < 1.29 is 32.2 Å². The molecule has 2 atom stereocenters. The summed E-state index contributed by atoms with van der Waals surface area (Å²) in [5.41, 5.74) is 1.16. The van der Waals surface area contributed by atoms with E-state index in [-0.39, 0.29) is 23.9 Å². The van der Waals surface area contributed by atoms with Gasteiger partial charge in [0.1, 0.15) is 6.04 Å². The molecule has 0 aromatic heterocycles. The summed E-state index contributed by atoms with van der Waals surface area (Å²) in [6.45, 7) is 2.37. The zero-order valence-corrected chi connectivity index (χ0v) is 20.9. The van der Waals surface area contributed by atoms with E-state index in [1.165, 1.54) is 24.3 Å². The minimum absolute atomic E-state index is 0.0306. The second-order valence-corrected chi connectivity index (χ2v) is 10.1. The summed E-state index contributed by atoms with van der Waals surface area (Å²) in [5, 5.41) is 3.09. The molecule has 2 aromatic rings. The van der Waals surface area contributed by atoms with Crippen molar-refractivity contribution in [2.75, 3.05) is 25.1 Å². The number of halogens is 1. The molecule has 3 rings (SSSR count). The van der Waals surface area contributed by atoms with Gasteiger partial charge in [0.15, 0.2) is 6.29 Å². The number of ether oxygens (including phenoxy) is 3. The Hall–Kier alpha value is -2.50. The van der Waals surface area contributed by atoms with Crippen molar-refractivity contribution in [3.05, 3.63) is 59.1 Å². The number of amides is 1. The molecule has 0 radical (unpaired) electrons. The van der Waals surface area contributed by atoms with Gasteiger partial charge in [-0.05, 0) is 68.1 Å². The molecule has 1 heterocycles. The first-order valence-electron chi connectivity index (χ1n) is 11.3. The van der Waals surface area contributed by atoms with Gasteiger partial charge in [0.2, 0.25) is 15.9 Å². The molecular formula is C24H29ClN2O7S. The van der Waals surface area contributed by atoms with Gasteiger partial charge >= 0.3 is 5.97 Å². The van der Waals surface area contributed by atoms with Crippen LogP contribution in [0.2, 0.25) is 5.02 Å². The monoisotopic (exact) mass is 524 g/mol. The number of nitrogens with one attached hydrogen (secondary N) is 2. The standard InChI is InChI=1S/C24H29ClN2O7S/c1-2-32-22(28)15-17-6-10-19(11-7-17)26-24(29)21(16-34-23-5-3-4-14-33-23)27-35(30,31)20-12-8-18(25)9-13-20/h6-13,21,23,27H,2-5,14-16H2,1H3,(H,26,29). The van der Waals surface area contributed by atoms with Crippen molar-refractivity contribution in [3.8, 4) is 0 Å². The lowest BCUT2D eigenvalue weighted by atomic mass is 10.1. The summed E-state index contributed by atoms with van der Waals surface area (Å²) in [5.74, 6) is -0.945. The minimum atomic E-state index is -4.03. The number of sulfonamides is 1. The Morgan fingerprint density at radius 2 is 1.83 bits per heavy atom. The van der Waals surface area contributed by atoms with Crippen molar-refractivity contribution in [2.45, 2.75) is 49.8 Å². The first-order chi connectivity index (χ1) is 16.8. The van der Waals surface area contributed by atoms with E-state index in [1.54, 1.807) is 31.2 Å². The number of carbonyl (C=O) groups excluding carboxylic acids is 2. The number of carbonyl (C=O) groups is 2. The second kappa shape index (κ2) is 13.0. The Kier molecular flexibility index (Phi) is 10.1. The van der Waals surface area contributed by atoms with Gasteiger partial charge in [-0.15, -0.1) is 0 Å². The molecule has 2 N–H and O–H groups in total. The van der Waals surface area contributed by atoms with E-state index in [2.05, 4.69) is 10.0 Å². The average molecular weight is 525 g/mol.